The summed E-state index contributed by atoms with van der Waals surface area (Å²) in [5.41, 5.74) is 2.28. The first kappa shape index (κ1) is 24.8. The molecule has 7 heteroatoms. The molecule has 1 amide bonds. The molecule has 0 spiro atoms. The SMILES string of the molecule is Cc1cc(OC(=O)[C@H](Cc2ccccc2)NC(=O)OCc2ccccc2)cc2oc(=O)c3ccccc3c12. The number of hydrogen-bond acceptors (Lipinski definition) is 6. The van der Waals surface area contributed by atoms with Crippen LogP contribution < -0.4 is 15.7 Å². The van der Waals surface area contributed by atoms with Gasteiger partial charge in [-0.2, -0.15) is 0 Å². The average Bonchev–Trinajstić information content (AvgIpc) is 2.92. The van der Waals surface area contributed by atoms with Crippen LogP contribution in [-0.4, -0.2) is 18.1 Å². The van der Waals surface area contributed by atoms with Gasteiger partial charge in [0.1, 0.15) is 24.0 Å². The lowest BCUT2D eigenvalue weighted by Crippen LogP contribution is -2.44. The average molecular weight is 508 g/mol. The van der Waals surface area contributed by atoms with Gasteiger partial charge in [0.2, 0.25) is 0 Å². The third kappa shape index (κ3) is 5.57. The number of ether oxygens (including phenoxy) is 2. The van der Waals surface area contributed by atoms with E-state index in [0.717, 1.165) is 27.5 Å². The van der Waals surface area contributed by atoms with Gasteiger partial charge in [0.25, 0.3) is 0 Å². The molecule has 1 heterocycles. The van der Waals surface area contributed by atoms with E-state index in [-0.39, 0.29) is 18.8 Å². The van der Waals surface area contributed by atoms with E-state index in [0.29, 0.717) is 11.0 Å². The fourth-order valence-electron chi connectivity index (χ4n) is 4.38. The van der Waals surface area contributed by atoms with Crippen molar-refractivity contribution in [3.63, 3.8) is 0 Å². The lowest BCUT2D eigenvalue weighted by molar-refractivity contribution is -0.136. The number of aryl methyl sites for hydroxylation is 1. The summed E-state index contributed by atoms with van der Waals surface area (Å²) in [7, 11) is 0. The Balaban J connectivity index is 1.38. The van der Waals surface area contributed by atoms with Crippen molar-refractivity contribution in [1.82, 2.24) is 5.32 Å². The van der Waals surface area contributed by atoms with Gasteiger partial charge < -0.3 is 19.2 Å². The van der Waals surface area contributed by atoms with Gasteiger partial charge in [-0.25, -0.2) is 14.4 Å². The second kappa shape index (κ2) is 11.0. The van der Waals surface area contributed by atoms with Crippen LogP contribution in [0.25, 0.3) is 21.7 Å². The van der Waals surface area contributed by atoms with Crippen molar-refractivity contribution in [2.24, 2.45) is 0 Å². The summed E-state index contributed by atoms with van der Waals surface area (Å²) in [6.07, 6.45) is -0.536. The van der Waals surface area contributed by atoms with Gasteiger partial charge in [-0.1, -0.05) is 78.9 Å². The zero-order chi connectivity index (χ0) is 26.5. The molecule has 4 aromatic carbocycles. The smallest absolute Gasteiger partial charge is 0.408 e. The molecule has 190 valence electrons. The minimum absolute atomic E-state index is 0.0661. The number of esters is 1. The number of amides is 1. The van der Waals surface area contributed by atoms with E-state index in [4.69, 9.17) is 13.9 Å². The number of carbonyl (C=O) groups excluding carboxylic acids is 2. The molecule has 0 aliphatic carbocycles. The number of nitrogens with one attached hydrogen (secondary N) is 1. The molecule has 5 aromatic rings. The zero-order valence-corrected chi connectivity index (χ0v) is 20.7. The summed E-state index contributed by atoms with van der Waals surface area (Å²) >= 11 is 0. The summed E-state index contributed by atoms with van der Waals surface area (Å²) in [4.78, 5) is 38.3. The molecule has 0 unspecified atom stereocenters. The Kier molecular flexibility index (Phi) is 7.17. The molecular formula is C31H25NO6. The molecule has 0 fully saturated rings. The van der Waals surface area contributed by atoms with E-state index in [2.05, 4.69) is 5.32 Å². The van der Waals surface area contributed by atoms with Gasteiger partial charge in [0.05, 0.1) is 5.39 Å². The molecule has 0 saturated heterocycles. The van der Waals surface area contributed by atoms with Crippen LogP contribution in [0.4, 0.5) is 4.79 Å². The number of hydrogen-bond donors (Lipinski definition) is 1. The van der Waals surface area contributed by atoms with Crippen LogP contribution in [-0.2, 0) is 22.6 Å². The summed E-state index contributed by atoms with van der Waals surface area (Å²) in [6, 6.07) is 28.0. The van der Waals surface area contributed by atoms with Gasteiger partial charge in [-0.3, -0.25) is 0 Å². The molecular weight excluding hydrogens is 482 g/mol. The van der Waals surface area contributed by atoms with Gasteiger partial charge in [-0.15, -0.1) is 0 Å². The molecule has 1 aromatic heterocycles. The highest BCUT2D eigenvalue weighted by Gasteiger charge is 2.25. The topological polar surface area (TPSA) is 94.8 Å². The first-order valence-corrected chi connectivity index (χ1v) is 12.2. The second-order valence-electron chi connectivity index (χ2n) is 8.92. The number of alkyl carbamates (subject to hydrolysis) is 1. The normalized spacial score (nSPS) is 11.7. The van der Waals surface area contributed by atoms with Crippen LogP contribution >= 0.6 is 0 Å². The maximum absolute atomic E-state index is 13.3. The molecule has 1 N–H and O–H groups in total. The Morgan fingerprint density at radius 3 is 2.18 bits per heavy atom. The van der Waals surface area contributed by atoms with Gasteiger partial charge >= 0.3 is 17.7 Å². The molecule has 1 atom stereocenters. The molecule has 0 aliphatic rings. The van der Waals surface area contributed by atoms with E-state index in [1.165, 1.54) is 6.07 Å². The second-order valence-corrected chi connectivity index (χ2v) is 8.92. The van der Waals surface area contributed by atoms with E-state index in [1.807, 2.05) is 79.7 Å². The fourth-order valence-corrected chi connectivity index (χ4v) is 4.38. The van der Waals surface area contributed by atoms with E-state index >= 15 is 0 Å². The Labute approximate surface area is 218 Å². The van der Waals surface area contributed by atoms with Crippen molar-refractivity contribution in [1.29, 1.82) is 0 Å². The maximum atomic E-state index is 13.3. The minimum Gasteiger partial charge on any atom is -0.445 e. The highest BCUT2D eigenvalue weighted by Crippen LogP contribution is 2.30. The first-order valence-electron chi connectivity index (χ1n) is 12.2. The number of carbonyl (C=O) groups is 2. The van der Waals surface area contributed by atoms with Crippen LogP contribution in [0.1, 0.15) is 16.7 Å². The predicted molar refractivity (Wildman–Crippen MR) is 144 cm³/mol. The Morgan fingerprint density at radius 1 is 0.842 bits per heavy atom. The highest BCUT2D eigenvalue weighted by atomic mass is 16.6. The molecule has 0 bridgehead atoms. The molecule has 38 heavy (non-hydrogen) atoms. The monoisotopic (exact) mass is 507 g/mol. The summed E-state index contributed by atoms with van der Waals surface area (Å²) in [6.45, 7) is 1.92. The zero-order valence-electron chi connectivity index (χ0n) is 20.7. The van der Waals surface area contributed by atoms with E-state index < -0.39 is 23.7 Å². The number of benzene rings is 4. The summed E-state index contributed by atoms with van der Waals surface area (Å²) in [5, 5.41) is 4.64. The molecule has 0 saturated carbocycles. The van der Waals surface area contributed by atoms with Gasteiger partial charge in [-0.05, 0) is 35.7 Å². The minimum atomic E-state index is -1.01. The Bertz CT molecular complexity index is 1660. The summed E-state index contributed by atoms with van der Waals surface area (Å²) in [5.74, 6) is -0.469. The number of rotatable bonds is 7. The van der Waals surface area contributed by atoms with Crippen LogP contribution in [0.15, 0.2) is 106 Å². The molecule has 7 nitrogen and oxygen atoms in total. The molecule has 0 radical (unpaired) electrons. The standard InChI is InChI=1S/C31H25NO6/c1-20-16-23(18-27-28(20)24-14-8-9-15-25(24)29(33)38-27)37-30(34)26(17-21-10-4-2-5-11-21)32-31(35)36-19-22-12-6-3-7-13-22/h2-16,18,26H,17,19H2,1H3,(H,32,35)/t26-/m0/s1. The maximum Gasteiger partial charge on any atom is 0.408 e. The van der Waals surface area contributed by atoms with Crippen LogP contribution in [0.5, 0.6) is 5.75 Å². The van der Waals surface area contributed by atoms with Crippen molar-refractivity contribution in [2.45, 2.75) is 26.0 Å². The third-order valence-electron chi connectivity index (χ3n) is 6.18. The van der Waals surface area contributed by atoms with Crippen molar-refractivity contribution < 1.29 is 23.5 Å². The lowest BCUT2D eigenvalue weighted by atomic mass is 10.0. The Morgan fingerprint density at radius 2 is 1.47 bits per heavy atom. The van der Waals surface area contributed by atoms with Gasteiger partial charge in [0, 0.05) is 23.3 Å². The van der Waals surface area contributed by atoms with Crippen molar-refractivity contribution >= 4 is 33.8 Å². The number of fused-ring (bicyclic) bond motifs is 3. The third-order valence-corrected chi connectivity index (χ3v) is 6.18. The van der Waals surface area contributed by atoms with Crippen molar-refractivity contribution in [2.75, 3.05) is 0 Å². The quantitative estimate of drug-likeness (QED) is 0.131. The fraction of sp³-hybridized carbons (Fsp3) is 0.129. The van der Waals surface area contributed by atoms with Crippen LogP contribution in [0, 0.1) is 6.92 Å². The van der Waals surface area contributed by atoms with Crippen molar-refractivity contribution in [3.05, 3.63) is 124 Å². The van der Waals surface area contributed by atoms with E-state index in [1.54, 1.807) is 18.2 Å². The highest BCUT2D eigenvalue weighted by molar-refractivity contribution is 6.06. The first-order chi connectivity index (χ1) is 18.5. The van der Waals surface area contributed by atoms with Crippen LogP contribution in [0.2, 0.25) is 0 Å². The lowest BCUT2D eigenvalue weighted by Gasteiger charge is -2.18. The Hall–Kier alpha value is -4.91. The van der Waals surface area contributed by atoms with Crippen LogP contribution in [0.3, 0.4) is 0 Å². The largest absolute Gasteiger partial charge is 0.445 e. The predicted octanol–water partition coefficient (Wildman–Crippen LogP) is 5.70. The van der Waals surface area contributed by atoms with Gasteiger partial charge in [0.15, 0.2) is 0 Å². The molecule has 5 rings (SSSR count). The van der Waals surface area contributed by atoms with Crippen molar-refractivity contribution in [3.8, 4) is 5.75 Å². The van der Waals surface area contributed by atoms with E-state index in [9.17, 15) is 14.4 Å². The summed E-state index contributed by atoms with van der Waals surface area (Å²) < 4.78 is 16.5. The molecule has 0 aliphatic heterocycles.